The summed E-state index contributed by atoms with van der Waals surface area (Å²) in [6.07, 6.45) is 4.94. The van der Waals surface area contributed by atoms with Crippen molar-refractivity contribution in [3.8, 4) is 5.75 Å². The Morgan fingerprint density at radius 1 is 1.29 bits per heavy atom. The van der Waals surface area contributed by atoms with Crippen molar-refractivity contribution < 1.29 is 9.53 Å². The van der Waals surface area contributed by atoms with E-state index in [1.807, 2.05) is 29.2 Å². The zero-order chi connectivity index (χ0) is 16.4. The number of nitrogens with zero attached hydrogens (tertiary/aromatic N) is 2. The van der Waals surface area contributed by atoms with E-state index in [1.54, 1.807) is 12.4 Å². The highest BCUT2D eigenvalue weighted by Crippen LogP contribution is 2.27. The molecule has 4 rings (SSSR count). The summed E-state index contributed by atoms with van der Waals surface area (Å²) in [5.41, 5.74) is 3.41. The highest BCUT2D eigenvalue weighted by atomic mass is 16.5. The molecule has 0 bridgehead atoms. The number of piperazine rings is 1. The van der Waals surface area contributed by atoms with Crippen molar-refractivity contribution in [3.05, 3.63) is 59.4 Å². The van der Waals surface area contributed by atoms with Crippen molar-refractivity contribution >= 4 is 5.91 Å². The molecular formula is C19H21N3O2. The Morgan fingerprint density at radius 3 is 3.04 bits per heavy atom. The van der Waals surface area contributed by atoms with Gasteiger partial charge in [-0.2, -0.15) is 0 Å². The minimum atomic E-state index is 0.0759. The number of carbonyl (C=O) groups is 1. The molecule has 2 aliphatic heterocycles. The minimum absolute atomic E-state index is 0.0759. The highest BCUT2D eigenvalue weighted by Gasteiger charge is 2.28. The van der Waals surface area contributed by atoms with Crippen LogP contribution < -0.4 is 10.1 Å². The predicted octanol–water partition coefficient (Wildman–Crippen LogP) is 1.73. The first-order valence-corrected chi connectivity index (χ1v) is 8.46. The first-order chi connectivity index (χ1) is 11.8. The van der Waals surface area contributed by atoms with Crippen molar-refractivity contribution in [2.45, 2.75) is 18.9 Å². The van der Waals surface area contributed by atoms with Gasteiger partial charge in [-0.05, 0) is 34.9 Å². The van der Waals surface area contributed by atoms with Gasteiger partial charge in [-0.15, -0.1) is 0 Å². The van der Waals surface area contributed by atoms with Crippen LogP contribution in [0, 0.1) is 0 Å². The Bertz CT molecular complexity index is 733. The van der Waals surface area contributed by atoms with Gasteiger partial charge in [0.05, 0.1) is 19.1 Å². The lowest BCUT2D eigenvalue weighted by Gasteiger charge is -2.36. The van der Waals surface area contributed by atoms with Gasteiger partial charge in [0, 0.05) is 38.4 Å². The summed E-state index contributed by atoms with van der Waals surface area (Å²) >= 11 is 0. The van der Waals surface area contributed by atoms with Gasteiger partial charge < -0.3 is 15.0 Å². The second kappa shape index (κ2) is 6.61. The van der Waals surface area contributed by atoms with E-state index in [0.29, 0.717) is 6.42 Å². The van der Waals surface area contributed by atoms with Gasteiger partial charge in [0.2, 0.25) is 5.91 Å². The van der Waals surface area contributed by atoms with E-state index in [4.69, 9.17) is 4.74 Å². The molecule has 1 amide bonds. The molecule has 124 valence electrons. The third-order valence-electron chi connectivity index (χ3n) is 4.76. The van der Waals surface area contributed by atoms with Crippen molar-refractivity contribution in [1.82, 2.24) is 15.2 Å². The van der Waals surface area contributed by atoms with Crippen LogP contribution in [0.2, 0.25) is 0 Å². The number of ether oxygens (including phenoxy) is 1. The third kappa shape index (κ3) is 2.99. The molecule has 5 nitrogen and oxygen atoms in total. The Morgan fingerprint density at radius 2 is 2.17 bits per heavy atom. The van der Waals surface area contributed by atoms with Crippen LogP contribution in [-0.2, 0) is 17.6 Å². The summed E-state index contributed by atoms with van der Waals surface area (Å²) in [5, 5.41) is 3.39. The Balaban J connectivity index is 1.51. The van der Waals surface area contributed by atoms with Crippen LogP contribution in [0.1, 0.15) is 22.7 Å². The summed E-state index contributed by atoms with van der Waals surface area (Å²) < 4.78 is 5.54. The van der Waals surface area contributed by atoms with E-state index in [0.717, 1.165) is 49.5 Å². The molecule has 5 heteroatoms. The summed E-state index contributed by atoms with van der Waals surface area (Å²) in [6.45, 7) is 3.10. The second-order valence-electron chi connectivity index (χ2n) is 6.30. The quantitative estimate of drug-likeness (QED) is 0.935. The number of benzene rings is 1. The van der Waals surface area contributed by atoms with Gasteiger partial charge >= 0.3 is 0 Å². The number of fused-ring (bicyclic) bond motifs is 1. The Kier molecular flexibility index (Phi) is 4.17. The summed E-state index contributed by atoms with van der Waals surface area (Å²) in [7, 11) is 0. The number of nitrogens with one attached hydrogen (secondary N) is 1. The van der Waals surface area contributed by atoms with Crippen LogP contribution in [0.15, 0.2) is 42.7 Å². The lowest BCUT2D eigenvalue weighted by molar-refractivity contribution is -0.133. The van der Waals surface area contributed by atoms with Crippen LogP contribution >= 0.6 is 0 Å². The van der Waals surface area contributed by atoms with Crippen LogP contribution in [0.5, 0.6) is 5.75 Å². The summed E-state index contributed by atoms with van der Waals surface area (Å²) in [6, 6.07) is 10.2. The normalized spacial score (nSPS) is 19.7. The molecule has 3 heterocycles. The molecular weight excluding hydrogens is 302 g/mol. The molecule has 0 saturated carbocycles. The van der Waals surface area contributed by atoms with Crippen molar-refractivity contribution in [1.29, 1.82) is 0 Å². The number of amides is 1. The highest BCUT2D eigenvalue weighted by molar-refractivity contribution is 5.79. The maximum atomic E-state index is 12.9. The largest absolute Gasteiger partial charge is 0.493 e. The predicted molar refractivity (Wildman–Crippen MR) is 90.9 cm³/mol. The zero-order valence-electron chi connectivity index (χ0n) is 13.6. The monoisotopic (exact) mass is 323 g/mol. The van der Waals surface area contributed by atoms with Crippen molar-refractivity contribution in [2.24, 2.45) is 0 Å². The van der Waals surface area contributed by atoms with Gasteiger partial charge in [0.15, 0.2) is 0 Å². The molecule has 0 unspecified atom stereocenters. The first kappa shape index (κ1) is 15.1. The number of hydrogen-bond donors (Lipinski definition) is 1. The zero-order valence-corrected chi connectivity index (χ0v) is 13.6. The van der Waals surface area contributed by atoms with E-state index >= 15 is 0 Å². The SMILES string of the molecule is O=C(Cc1ccc2c(c1)CCO2)N1CCNC[C@H]1c1ccncc1. The first-order valence-electron chi connectivity index (χ1n) is 8.46. The molecule has 0 spiro atoms. The second-order valence-corrected chi connectivity index (χ2v) is 6.30. The van der Waals surface area contributed by atoms with E-state index in [2.05, 4.69) is 16.4 Å². The van der Waals surface area contributed by atoms with Crippen LogP contribution in [0.25, 0.3) is 0 Å². The molecule has 24 heavy (non-hydrogen) atoms. The third-order valence-corrected chi connectivity index (χ3v) is 4.76. The fraction of sp³-hybridized carbons (Fsp3) is 0.368. The van der Waals surface area contributed by atoms with E-state index in [9.17, 15) is 4.79 Å². The number of carbonyl (C=O) groups excluding carboxylic acids is 1. The van der Waals surface area contributed by atoms with Gasteiger partial charge in [0.1, 0.15) is 5.75 Å². The van der Waals surface area contributed by atoms with Gasteiger partial charge in [-0.3, -0.25) is 9.78 Å². The molecule has 0 radical (unpaired) electrons. The average Bonchev–Trinajstić information content (AvgIpc) is 3.10. The van der Waals surface area contributed by atoms with Crippen LogP contribution in [0.3, 0.4) is 0 Å². The lowest BCUT2D eigenvalue weighted by Crippen LogP contribution is -2.49. The molecule has 2 aliphatic rings. The van der Waals surface area contributed by atoms with Crippen molar-refractivity contribution in [3.63, 3.8) is 0 Å². The molecule has 0 aliphatic carbocycles. The smallest absolute Gasteiger partial charge is 0.227 e. The Hall–Kier alpha value is -2.40. The molecule has 1 fully saturated rings. The Labute approximate surface area is 141 Å². The average molecular weight is 323 g/mol. The van der Waals surface area contributed by atoms with Gasteiger partial charge in [-0.1, -0.05) is 12.1 Å². The lowest BCUT2D eigenvalue weighted by atomic mass is 10.0. The van der Waals surface area contributed by atoms with E-state index < -0.39 is 0 Å². The minimum Gasteiger partial charge on any atom is -0.493 e. The maximum Gasteiger partial charge on any atom is 0.227 e. The fourth-order valence-electron chi connectivity index (χ4n) is 3.51. The molecule has 1 atom stereocenters. The number of rotatable bonds is 3. The van der Waals surface area contributed by atoms with Crippen LogP contribution in [0.4, 0.5) is 0 Å². The van der Waals surface area contributed by atoms with E-state index in [-0.39, 0.29) is 11.9 Å². The number of hydrogen-bond acceptors (Lipinski definition) is 4. The molecule has 1 saturated heterocycles. The number of pyridine rings is 1. The molecule has 2 aromatic rings. The number of aromatic nitrogens is 1. The van der Waals surface area contributed by atoms with Crippen molar-refractivity contribution in [2.75, 3.05) is 26.2 Å². The van der Waals surface area contributed by atoms with Crippen LogP contribution in [-0.4, -0.2) is 42.0 Å². The standard InChI is InChI=1S/C19H21N3O2/c23-19(12-14-1-2-18-16(11-14)5-10-24-18)22-9-8-21-13-17(22)15-3-6-20-7-4-15/h1-4,6-7,11,17,21H,5,8-10,12-13H2/t17-/m0/s1. The summed E-state index contributed by atoms with van der Waals surface area (Å²) in [5.74, 6) is 1.14. The summed E-state index contributed by atoms with van der Waals surface area (Å²) in [4.78, 5) is 19.0. The van der Waals surface area contributed by atoms with E-state index in [1.165, 1.54) is 5.56 Å². The topological polar surface area (TPSA) is 54.5 Å². The molecule has 1 aromatic carbocycles. The van der Waals surface area contributed by atoms with Gasteiger partial charge in [-0.25, -0.2) is 0 Å². The maximum absolute atomic E-state index is 12.9. The fourth-order valence-corrected chi connectivity index (χ4v) is 3.51. The molecule has 1 aromatic heterocycles. The molecule has 1 N–H and O–H groups in total. The van der Waals surface area contributed by atoms with Gasteiger partial charge in [0.25, 0.3) is 0 Å².